The van der Waals surface area contributed by atoms with E-state index in [4.69, 9.17) is 5.11 Å². The van der Waals surface area contributed by atoms with Crippen LogP contribution in [0.2, 0.25) is 0 Å². The minimum Gasteiger partial charge on any atom is -0.481 e. The van der Waals surface area contributed by atoms with Gasteiger partial charge in [0.25, 0.3) is 0 Å². The summed E-state index contributed by atoms with van der Waals surface area (Å²) in [6.07, 6.45) is 4.67. The van der Waals surface area contributed by atoms with E-state index in [1.54, 1.807) is 0 Å². The van der Waals surface area contributed by atoms with Crippen LogP contribution in [0.3, 0.4) is 0 Å². The topological polar surface area (TPSA) is 49.3 Å². The van der Waals surface area contributed by atoms with Crippen molar-refractivity contribution >= 4 is 18.4 Å². The van der Waals surface area contributed by atoms with Crippen molar-refractivity contribution in [1.82, 2.24) is 5.32 Å². The van der Waals surface area contributed by atoms with E-state index in [0.29, 0.717) is 12.5 Å². The second-order valence-corrected chi connectivity index (χ2v) is 4.03. The number of hydrogen-bond acceptors (Lipinski definition) is 2. The van der Waals surface area contributed by atoms with Crippen LogP contribution >= 0.6 is 12.4 Å². The zero-order valence-corrected chi connectivity index (χ0v) is 9.48. The SMILES string of the molecule is CC1CC(CCCC(=O)O)CCN1.Cl. The summed E-state index contributed by atoms with van der Waals surface area (Å²) < 4.78 is 0. The molecule has 0 bridgehead atoms. The summed E-state index contributed by atoms with van der Waals surface area (Å²) in [6, 6.07) is 0.614. The molecule has 1 aliphatic heterocycles. The molecule has 0 spiro atoms. The maximum Gasteiger partial charge on any atom is 0.303 e. The lowest BCUT2D eigenvalue weighted by Crippen LogP contribution is -2.35. The molecule has 0 aromatic heterocycles. The summed E-state index contributed by atoms with van der Waals surface area (Å²) in [6.45, 7) is 3.29. The van der Waals surface area contributed by atoms with E-state index in [2.05, 4.69) is 12.2 Å². The van der Waals surface area contributed by atoms with Gasteiger partial charge in [-0.3, -0.25) is 4.79 Å². The Kier molecular flexibility index (Phi) is 6.93. The molecule has 2 N–H and O–H groups in total. The number of carbonyl (C=O) groups is 1. The predicted molar refractivity (Wildman–Crippen MR) is 58.9 cm³/mol. The number of halogens is 1. The Morgan fingerprint density at radius 2 is 2.29 bits per heavy atom. The Labute approximate surface area is 91.7 Å². The molecule has 0 saturated carbocycles. The Bertz CT molecular complexity index is 176. The van der Waals surface area contributed by atoms with Crippen LogP contribution in [0, 0.1) is 5.92 Å². The number of piperidine rings is 1. The van der Waals surface area contributed by atoms with Crippen molar-refractivity contribution in [1.29, 1.82) is 0 Å². The molecule has 0 aromatic rings. The van der Waals surface area contributed by atoms with Crippen molar-refractivity contribution in [3.8, 4) is 0 Å². The molecule has 0 aromatic carbocycles. The molecule has 0 amide bonds. The summed E-state index contributed by atoms with van der Waals surface area (Å²) >= 11 is 0. The van der Waals surface area contributed by atoms with Crippen LogP contribution in [0.25, 0.3) is 0 Å². The van der Waals surface area contributed by atoms with Crippen molar-refractivity contribution in [3.63, 3.8) is 0 Å². The molecule has 0 radical (unpaired) electrons. The van der Waals surface area contributed by atoms with Crippen molar-refractivity contribution < 1.29 is 9.90 Å². The highest BCUT2D eigenvalue weighted by atomic mass is 35.5. The van der Waals surface area contributed by atoms with Crippen molar-refractivity contribution in [2.24, 2.45) is 5.92 Å². The molecule has 1 heterocycles. The van der Waals surface area contributed by atoms with E-state index in [-0.39, 0.29) is 12.4 Å². The quantitative estimate of drug-likeness (QED) is 0.764. The second-order valence-electron chi connectivity index (χ2n) is 4.03. The summed E-state index contributed by atoms with van der Waals surface area (Å²) in [5.74, 6) is 0.0811. The normalized spacial score (nSPS) is 26.6. The van der Waals surface area contributed by atoms with E-state index in [0.717, 1.165) is 25.3 Å². The largest absolute Gasteiger partial charge is 0.481 e. The van der Waals surface area contributed by atoms with Crippen LogP contribution in [-0.2, 0) is 4.79 Å². The highest BCUT2D eigenvalue weighted by Gasteiger charge is 2.17. The second kappa shape index (κ2) is 7.07. The minimum atomic E-state index is -0.665. The lowest BCUT2D eigenvalue weighted by Gasteiger charge is -2.27. The van der Waals surface area contributed by atoms with Crippen LogP contribution in [0.4, 0.5) is 0 Å². The van der Waals surface area contributed by atoms with Gasteiger partial charge >= 0.3 is 5.97 Å². The number of hydrogen-bond donors (Lipinski definition) is 2. The highest BCUT2D eigenvalue weighted by molar-refractivity contribution is 5.85. The van der Waals surface area contributed by atoms with Gasteiger partial charge in [-0.25, -0.2) is 0 Å². The fourth-order valence-electron chi connectivity index (χ4n) is 2.04. The standard InChI is InChI=1S/C10H19NO2.ClH/c1-8-7-9(5-6-11-8)3-2-4-10(12)13;/h8-9,11H,2-7H2,1H3,(H,12,13);1H. The van der Waals surface area contributed by atoms with Gasteiger partial charge in [-0.2, -0.15) is 0 Å². The molecule has 4 heteroatoms. The molecule has 1 fully saturated rings. The molecule has 2 atom stereocenters. The number of aliphatic carboxylic acids is 1. The first-order chi connectivity index (χ1) is 6.18. The lowest BCUT2D eigenvalue weighted by molar-refractivity contribution is -0.137. The predicted octanol–water partition coefficient (Wildman–Crippen LogP) is 2.05. The van der Waals surface area contributed by atoms with Gasteiger partial charge in [-0.15, -0.1) is 12.4 Å². The monoisotopic (exact) mass is 221 g/mol. The fourth-order valence-corrected chi connectivity index (χ4v) is 2.04. The number of rotatable bonds is 4. The summed E-state index contributed by atoms with van der Waals surface area (Å²) in [4.78, 5) is 10.3. The minimum absolute atomic E-state index is 0. The summed E-state index contributed by atoms with van der Waals surface area (Å²) in [5, 5.41) is 11.9. The van der Waals surface area contributed by atoms with Gasteiger partial charge in [0.1, 0.15) is 0 Å². The van der Waals surface area contributed by atoms with Crippen molar-refractivity contribution in [3.05, 3.63) is 0 Å². The Balaban J connectivity index is 0.00000169. The number of carboxylic acids is 1. The Morgan fingerprint density at radius 3 is 2.86 bits per heavy atom. The van der Waals surface area contributed by atoms with Gasteiger partial charge in [0.05, 0.1) is 0 Å². The number of nitrogens with one attached hydrogen (secondary N) is 1. The molecule has 0 aliphatic carbocycles. The van der Waals surface area contributed by atoms with Gasteiger partial charge < -0.3 is 10.4 Å². The number of carboxylic acid groups (broad SMARTS) is 1. The van der Waals surface area contributed by atoms with Crippen molar-refractivity contribution in [2.45, 2.75) is 45.1 Å². The van der Waals surface area contributed by atoms with E-state index in [1.807, 2.05) is 0 Å². The fraction of sp³-hybridized carbons (Fsp3) is 0.900. The molecule has 84 valence electrons. The van der Waals surface area contributed by atoms with E-state index < -0.39 is 5.97 Å². The molecular weight excluding hydrogens is 202 g/mol. The zero-order chi connectivity index (χ0) is 9.68. The van der Waals surface area contributed by atoms with Gasteiger partial charge in [-0.1, -0.05) is 0 Å². The van der Waals surface area contributed by atoms with Gasteiger partial charge in [0.2, 0.25) is 0 Å². The first-order valence-corrected chi connectivity index (χ1v) is 5.13. The molecule has 1 aliphatic rings. The third-order valence-electron chi connectivity index (χ3n) is 2.74. The summed E-state index contributed by atoms with van der Waals surface area (Å²) in [5.41, 5.74) is 0. The van der Waals surface area contributed by atoms with Crippen LogP contribution in [0.1, 0.15) is 39.0 Å². The maximum atomic E-state index is 10.3. The molecule has 3 nitrogen and oxygen atoms in total. The Hall–Kier alpha value is -0.280. The van der Waals surface area contributed by atoms with Crippen molar-refractivity contribution in [2.75, 3.05) is 6.54 Å². The van der Waals surface area contributed by atoms with Crippen LogP contribution in [0.5, 0.6) is 0 Å². The first-order valence-electron chi connectivity index (χ1n) is 5.13. The van der Waals surface area contributed by atoms with Crippen LogP contribution in [0.15, 0.2) is 0 Å². The van der Waals surface area contributed by atoms with Gasteiger partial charge in [0, 0.05) is 12.5 Å². The lowest BCUT2D eigenvalue weighted by atomic mass is 9.89. The first kappa shape index (κ1) is 13.7. The average Bonchev–Trinajstić information content (AvgIpc) is 2.03. The highest BCUT2D eigenvalue weighted by Crippen LogP contribution is 2.21. The Morgan fingerprint density at radius 1 is 1.57 bits per heavy atom. The smallest absolute Gasteiger partial charge is 0.303 e. The maximum absolute atomic E-state index is 10.3. The van der Waals surface area contributed by atoms with Crippen LogP contribution in [-0.4, -0.2) is 23.7 Å². The van der Waals surface area contributed by atoms with E-state index >= 15 is 0 Å². The molecule has 1 saturated heterocycles. The third-order valence-corrected chi connectivity index (χ3v) is 2.74. The molecule has 2 unspecified atom stereocenters. The van der Waals surface area contributed by atoms with Crippen LogP contribution < -0.4 is 5.32 Å². The van der Waals surface area contributed by atoms with Gasteiger partial charge in [0.15, 0.2) is 0 Å². The third kappa shape index (κ3) is 5.45. The van der Waals surface area contributed by atoms with E-state index in [9.17, 15) is 4.79 Å². The van der Waals surface area contributed by atoms with E-state index in [1.165, 1.54) is 12.8 Å². The summed E-state index contributed by atoms with van der Waals surface area (Å²) in [7, 11) is 0. The molecule has 14 heavy (non-hydrogen) atoms. The zero-order valence-electron chi connectivity index (χ0n) is 8.66. The van der Waals surface area contributed by atoms with Gasteiger partial charge in [-0.05, 0) is 45.1 Å². The molecule has 1 rings (SSSR count). The average molecular weight is 222 g/mol. The molecular formula is C10H20ClNO2.